The van der Waals surface area contributed by atoms with Crippen molar-refractivity contribution in [2.75, 3.05) is 7.11 Å². The van der Waals surface area contributed by atoms with Crippen LogP contribution in [0.5, 0.6) is 11.5 Å². The lowest BCUT2D eigenvalue weighted by atomic mass is 10.1. The van der Waals surface area contributed by atoms with Gasteiger partial charge in [0.15, 0.2) is 11.5 Å². The molecule has 0 radical (unpaired) electrons. The highest BCUT2D eigenvalue weighted by molar-refractivity contribution is 6.05. The molecule has 0 fully saturated rings. The molecule has 5 heteroatoms. The SMILES string of the molecule is CCC1=CN2C(=O)c3ccc(OC)c(O)c3N=C[C@@H]2C1. The molecule has 1 N–H and O–H groups in total. The number of phenolic OH excluding ortho intramolecular Hbond substituents is 1. The molecule has 0 aliphatic carbocycles. The van der Waals surface area contributed by atoms with Gasteiger partial charge in [0, 0.05) is 12.4 Å². The Bertz CT molecular complexity index is 634. The monoisotopic (exact) mass is 272 g/mol. The number of ether oxygens (including phenoxy) is 1. The summed E-state index contributed by atoms with van der Waals surface area (Å²) < 4.78 is 5.05. The maximum Gasteiger partial charge on any atom is 0.260 e. The zero-order valence-corrected chi connectivity index (χ0v) is 11.5. The normalized spacial score (nSPS) is 20.3. The van der Waals surface area contributed by atoms with Crippen molar-refractivity contribution in [3.63, 3.8) is 0 Å². The number of benzene rings is 1. The van der Waals surface area contributed by atoms with Gasteiger partial charge in [-0.2, -0.15) is 0 Å². The smallest absolute Gasteiger partial charge is 0.260 e. The van der Waals surface area contributed by atoms with E-state index in [4.69, 9.17) is 4.74 Å². The molecule has 1 atom stereocenters. The molecule has 1 amide bonds. The van der Waals surface area contributed by atoms with E-state index in [2.05, 4.69) is 11.9 Å². The summed E-state index contributed by atoms with van der Waals surface area (Å²) in [7, 11) is 1.47. The van der Waals surface area contributed by atoms with Crippen molar-refractivity contribution in [1.82, 2.24) is 4.90 Å². The van der Waals surface area contributed by atoms with E-state index in [1.54, 1.807) is 23.2 Å². The molecule has 0 saturated heterocycles. The first-order valence-electron chi connectivity index (χ1n) is 6.62. The standard InChI is InChI=1S/C15H16N2O3/c1-3-9-6-10-7-16-13-11(15(19)17(10)8-9)4-5-12(20-2)14(13)18/h4-5,7-8,10,18H,3,6H2,1-2H3/t10-/m0/s1. The molecule has 0 aromatic heterocycles. The van der Waals surface area contributed by atoms with Crippen LogP contribution >= 0.6 is 0 Å². The van der Waals surface area contributed by atoms with Crippen LogP contribution in [0.1, 0.15) is 30.1 Å². The second-order valence-electron chi connectivity index (χ2n) is 4.92. The van der Waals surface area contributed by atoms with Crippen molar-refractivity contribution in [1.29, 1.82) is 0 Å². The molecule has 0 bridgehead atoms. The van der Waals surface area contributed by atoms with Gasteiger partial charge in [0.05, 0.1) is 18.7 Å². The largest absolute Gasteiger partial charge is 0.503 e. The lowest BCUT2D eigenvalue weighted by molar-refractivity contribution is 0.0817. The summed E-state index contributed by atoms with van der Waals surface area (Å²) in [6.45, 7) is 2.07. The van der Waals surface area contributed by atoms with Gasteiger partial charge in [-0.1, -0.05) is 12.5 Å². The number of carbonyl (C=O) groups excluding carboxylic acids is 1. The van der Waals surface area contributed by atoms with Gasteiger partial charge < -0.3 is 14.7 Å². The van der Waals surface area contributed by atoms with Crippen molar-refractivity contribution in [2.24, 2.45) is 4.99 Å². The van der Waals surface area contributed by atoms with Crippen LogP contribution in [0.4, 0.5) is 5.69 Å². The predicted molar refractivity (Wildman–Crippen MR) is 75.8 cm³/mol. The molecule has 1 aromatic carbocycles. The summed E-state index contributed by atoms with van der Waals surface area (Å²) in [6, 6.07) is 3.17. The quantitative estimate of drug-likeness (QED) is 0.900. The van der Waals surface area contributed by atoms with Crippen LogP contribution in [0.3, 0.4) is 0 Å². The Morgan fingerprint density at radius 1 is 1.50 bits per heavy atom. The first kappa shape index (κ1) is 12.7. The molecule has 2 aliphatic heterocycles. The number of phenols is 1. The van der Waals surface area contributed by atoms with E-state index < -0.39 is 0 Å². The van der Waals surface area contributed by atoms with Crippen LogP contribution in [0.25, 0.3) is 0 Å². The summed E-state index contributed by atoms with van der Waals surface area (Å²) >= 11 is 0. The molecule has 5 nitrogen and oxygen atoms in total. The van der Waals surface area contributed by atoms with Crippen LogP contribution in [0.2, 0.25) is 0 Å². The molecule has 1 aromatic rings. The van der Waals surface area contributed by atoms with Crippen molar-refractivity contribution < 1.29 is 14.6 Å². The molecular weight excluding hydrogens is 256 g/mol. The molecule has 20 heavy (non-hydrogen) atoms. The second kappa shape index (κ2) is 4.67. The minimum absolute atomic E-state index is 0.0600. The molecular formula is C15H16N2O3. The maximum atomic E-state index is 12.6. The van der Waals surface area contributed by atoms with E-state index in [0.717, 1.165) is 12.8 Å². The molecule has 0 unspecified atom stereocenters. The van der Waals surface area contributed by atoms with Crippen molar-refractivity contribution in [3.8, 4) is 11.5 Å². The summed E-state index contributed by atoms with van der Waals surface area (Å²) in [5.41, 5.74) is 1.92. The van der Waals surface area contributed by atoms with Crippen LogP contribution < -0.4 is 4.74 Å². The average molecular weight is 272 g/mol. The van der Waals surface area contributed by atoms with E-state index >= 15 is 0 Å². The third-order valence-electron chi connectivity index (χ3n) is 3.78. The number of nitrogens with zero attached hydrogens (tertiary/aromatic N) is 2. The molecule has 3 rings (SSSR count). The van der Waals surface area contributed by atoms with Gasteiger partial charge in [0.1, 0.15) is 5.69 Å². The number of aromatic hydroxyl groups is 1. The summed E-state index contributed by atoms with van der Waals surface area (Å²) in [5, 5.41) is 10.1. The fourth-order valence-corrected chi connectivity index (χ4v) is 2.61. The Morgan fingerprint density at radius 3 is 3.00 bits per heavy atom. The number of hydrogen-bond acceptors (Lipinski definition) is 4. The van der Waals surface area contributed by atoms with Gasteiger partial charge in [0.25, 0.3) is 5.91 Å². The first-order valence-corrected chi connectivity index (χ1v) is 6.62. The highest BCUT2D eigenvalue weighted by atomic mass is 16.5. The van der Waals surface area contributed by atoms with E-state index in [0.29, 0.717) is 11.3 Å². The third kappa shape index (κ3) is 1.78. The molecule has 2 aliphatic rings. The molecule has 0 spiro atoms. The van der Waals surface area contributed by atoms with E-state index in [1.165, 1.54) is 12.7 Å². The molecule has 2 heterocycles. The van der Waals surface area contributed by atoms with Crippen molar-refractivity contribution >= 4 is 17.8 Å². The first-order chi connectivity index (χ1) is 9.65. The van der Waals surface area contributed by atoms with Gasteiger partial charge >= 0.3 is 0 Å². The molecule has 104 valence electrons. The highest BCUT2D eigenvalue weighted by Gasteiger charge is 2.32. The zero-order valence-electron chi connectivity index (χ0n) is 11.5. The predicted octanol–water partition coefficient (Wildman–Crippen LogP) is 2.63. The Hall–Kier alpha value is -2.30. The number of aliphatic imine (C=N–C) groups is 1. The van der Waals surface area contributed by atoms with Crippen LogP contribution in [0, 0.1) is 0 Å². The van der Waals surface area contributed by atoms with Gasteiger partial charge in [-0.05, 0) is 25.0 Å². The zero-order chi connectivity index (χ0) is 14.3. The third-order valence-corrected chi connectivity index (χ3v) is 3.78. The van der Waals surface area contributed by atoms with E-state index in [-0.39, 0.29) is 23.4 Å². The van der Waals surface area contributed by atoms with Crippen molar-refractivity contribution in [2.45, 2.75) is 25.8 Å². The number of hydrogen-bond donors (Lipinski definition) is 1. The minimum atomic E-state index is -0.135. The van der Waals surface area contributed by atoms with E-state index in [9.17, 15) is 9.90 Å². The van der Waals surface area contributed by atoms with Crippen LogP contribution in [-0.2, 0) is 0 Å². The lowest BCUT2D eigenvalue weighted by Gasteiger charge is -2.18. The Balaban J connectivity index is 2.10. The Labute approximate surface area is 117 Å². The molecule has 0 saturated carbocycles. The highest BCUT2D eigenvalue weighted by Crippen LogP contribution is 2.41. The Kier molecular flexibility index (Phi) is 2.97. The minimum Gasteiger partial charge on any atom is -0.503 e. The van der Waals surface area contributed by atoms with Crippen LogP contribution in [-0.4, -0.2) is 35.3 Å². The Morgan fingerprint density at radius 2 is 2.30 bits per heavy atom. The fraction of sp³-hybridized carbons (Fsp3) is 0.333. The van der Waals surface area contributed by atoms with Crippen LogP contribution in [0.15, 0.2) is 28.9 Å². The number of fused-ring (bicyclic) bond motifs is 2. The number of carbonyl (C=O) groups is 1. The topological polar surface area (TPSA) is 62.1 Å². The van der Waals surface area contributed by atoms with Gasteiger partial charge in [0.2, 0.25) is 0 Å². The average Bonchev–Trinajstić information content (AvgIpc) is 2.83. The lowest BCUT2D eigenvalue weighted by Crippen LogP contribution is -2.32. The maximum absolute atomic E-state index is 12.6. The summed E-state index contributed by atoms with van der Waals surface area (Å²) in [5.74, 6) is 0.0971. The number of methoxy groups -OCH3 is 1. The summed E-state index contributed by atoms with van der Waals surface area (Å²) in [4.78, 5) is 18.6. The van der Waals surface area contributed by atoms with E-state index in [1.807, 2.05) is 6.20 Å². The van der Waals surface area contributed by atoms with Gasteiger partial charge in [-0.25, -0.2) is 0 Å². The second-order valence-corrected chi connectivity index (χ2v) is 4.92. The summed E-state index contributed by atoms with van der Waals surface area (Å²) in [6.07, 6.45) is 5.35. The van der Waals surface area contributed by atoms with Crippen molar-refractivity contribution in [3.05, 3.63) is 29.5 Å². The number of amides is 1. The van der Waals surface area contributed by atoms with Gasteiger partial charge in [-0.3, -0.25) is 9.79 Å². The van der Waals surface area contributed by atoms with Gasteiger partial charge in [-0.15, -0.1) is 0 Å². The number of rotatable bonds is 2. The fourth-order valence-electron chi connectivity index (χ4n) is 2.61.